The number of rotatable bonds is 3. The van der Waals surface area contributed by atoms with E-state index < -0.39 is 22.9 Å². The normalized spacial score (nSPS) is 36.7. The van der Waals surface area contributed by atoms with E-state index in [1.165, 1.54) is 0 Å². The second-order valence-electron chi connectivity index (χ2n) is 7.46. The summed E-state index contributed by atoms with van der Waals surface area (Å²) < 4.78 is 5.45. The third kappa shape index (κ3) is 2.43. The molecule has 3 saturated carbocycles. The van der Waals surface area contributed by atoms with Crippen molar-refractivity contribution < 1.29 is 19.4 Å². The maximum atomic E-state index is 12.4. The molecule has 0 aliphatic heterocycles. The van der Waals surface area contributed by atoms with Gasteiger partial charge in [-0.1, -0.05) is 0 Å². The summed E-state index contributed by atoms with van der Waals surface area (Å²) in [6, 6.07) is 0. The van der Waals surface area contributed by atoms with Crippen molar-refractivity contribution in [3.8, 4) is 0 Å². The van der Waals surface area contributed by atoms with Gasteiger partial charge in [-0.3, -0.25) is 9.59 Å². The van der Waals surface area contributed by atoms with Gasteiger partial charge in [-0.2, -0.15) is 0 Å². The predicted octanol–water partition coefficient (Wildman–Crippen LogP) is 1.94. The highest BCUT2D eigenvalue weighted by Crippen LogP contribution is 2.59. The highest BCUT2D eigenvalue weighted by molar-refractivity contribution is 5.85. The van der Waals surface area contributed by atoms with Gasteiger partial charge in [0.1, 0.15) is 5.60 Å². The molecule has 0 radical (unpaired) electrons. The minimum Gasteiger partial charge on any atom is -0.481 e. The monoisotopic (exact) mass is 283 g/mol. The van der Waals surface area contributed by atoms with E-state index in [0.717, 1.165) is 12.8 Å². The SMILES string of the molecule is CC(C)(C)OC(=O)C1CC2(CN)CCC1(C(=O)O)CC2. The Bertz CT molecular complexity index is 416. The first kappa shape index (κ1) is 15.3. The first-order valence-corrected chi connectivity index (χ1v) is 7.31. The fourth-order valence-corrected chi connectivity index (χ4v) is 3.74. The van der Waals surface area contributed by atoms with E-state index >= 15 is 0 Å². The first-order chi connectivity index (χ1) is 9.14. The average Bonchev–Trinajstić information content (AvgIpc) is 2.37. The molecule has 3 aliphatic carbocycles. The summed E-state index contributed by atoms with van der Waals surface area (Å²) in [6.07, 6.45) is 3.21. The van der Waals surface area contributed by atoms with Crippen LogP contribution in [0.25, 0.3) is 0 Å². The Morgan fingerprint density at radius 2 is 1.80 bits per heavy atom. The molecule has 1 unspecified atom stereocenters. The van der Waals surface area contributed by atoms with Crippen LogP contribution in [0.3, 0.4) is 0 Å². The van der Waals surface area contributed by atoms with Crippen LogP contribution in [0.2, 0.25) is 0 Å². The summed E-state index contributed by atoms with van der Waals surface area (Å²) in [5, 5.41) is 9.65. The van der Waals surface area contributed by atoms with Gasteiger partial charge >= 0.3 is 11.9 Å². The van der Waals surface area contributed by atoms with Crippen LogP contribution in [-0.4, -0.2) is 29.2 Å². The Hall–Kier alpha value is -1.10. The maximum Gasteiger partial charge on any atom is 0.310 e. The number of carbonyl (C=O) groups excluding carboxylic acids is 1. The number of nitrogens with two attached hydrogens (primary N) is 1. The molecule has 0 amide bonds. The maximum absolute atomic E-state index is 12.4. The molecule has 3 fully saturated rings. The van der Waals surface area contributed by atoms with E-state index in [0.29, 0.717) is 25.8 Å². The number of carboxylic acids is 1. The average molecular weight is 283 g/mol. The van der Waals surface area contributed by atoms with Crippen LogP contribution in [0, 0.1) is 16.7 Å². The second-order valence-corrected chi connectivity index (χ2v) is 7.46. The number of esters is 1. The molecular weight excluding hydrogens is 258 g/mol. The Morgan fingerprint density at radius 1 is 1.25 bits per heavy atom. The van der Waals surface area contributed by atoms with Crippen LogP contribution in [0.4, 0.5) is 0 Å². The lowest BCUT2D eigenvalue weighted by atomic mass is 9.49. The molecule has 5 heteroatoms. The van der Waals surface area contributed by atoms with Gasteiger partial charge in [0.2, 0.25) is 0 Å². The standard InChI is InChI=1S/C15H25NO4/c1-13(2,3)20-11(17)10-8-14(9-16)4-6-15(10,7-5-14)12(18)19/h10H,4-9,16H2,1-3H3,(H,18,19). The molecule has 0 spiro atoms. The Kier molecular flexibility index (Phi) is 3.61. The van der Waals surface area contributed by atoms with E-state index in [4.69, 9.17) is 10.5 Å². The van der Waals surface area contributed by atoms with Crippen molar-refractivity contribution >= 4 is 11.9 Å². The summed E-state index contributed by atoms with van der Waals surface area (Å²) in [7, 11) is 0. The molecule has 2 bridgehead atoms. The van der Waals surface area contributed by atoms with Crippen molar-refractivity contribution in [1.82, 2.24) is 0 Å². The highest BCUT2D eigenvalue weighted by Gasteiger charge is 2.61. The molecular formula is C15H25NO4. The number of carboxylic acid groups (broad SMARTS) is 1. The Balaban J connectivity index is 2.29. The second kappa shape index (κ2) is 4.72. The van der Waals surface area contributed by atoms with E-state index in [2.05, 4.69) is 0 Å². The van der Waals surface area contributed by atoms with Gasteiger partial charge in [0.25, 0.3) is 0 Å². The highest BCUT2D eigenvalue weighted by atomic mass is 16.6. The van der Waals surface area contributed by atoms with Crippen molar-refractivity contribution in [2.75, 3.05) is 6.54 Å². The summed E-state index contributed by atoms with van der Waals surface area (Å²) in [4.78, 5) is 24.2. The number of hydrogen-bond acceptors (Lipinski definition) is 4. The molecule has 0 aromatic heterocycles. The van der Waals surface area contributed by atoms with Gasteiger partial charge in [0, 0.05) is 0 Å². The molecule has 3 N–H and O–H groups in total. The van der Waals surface area contributed by atoms with Gasteiger partial charge < -0.3 is 15.6 Å². The molecule has 0 aromatic rings. The summed E-state index contributed by atoms with van der Waals surface area (Å²) >= 11 is 0. The molecule has 114 valence electrons. The zero-order valence-corrected chi connectivity index (χ0v) is 12.6. The lowest BCUT2D eigenvalue weighted by Gasteiger charge is -2.54. The largest absolute Gasteiger partial charge is 0.481 e. The van der Waals surface area contributed by atoms with Crippen LogP contribution in [-0.2, 0) is 14.3 Å². The van der Waals surface area contributed by atoms with E-state index in [-0.39, 0.29) is 11.4 Å². The molecule has 0 saturated heterocycles. The van der Waals surface area contributed by atoms with Crippen molar-refractivity contribution in [2.24, 2.45) is 22.5 Å². The van der Waals surface area contributed by atoms with Gasteiger partial charge in [-0.25, -0.2) is 0 Å². The smallest absolute Gasteiger partial charge is 0.310 e. The number of hydrogen-bond donors (Lipinski definition) is 2. The molecule has 3 rings (SSSR count). The summed E-state index contributed by atoms with van der Waals surface area (Å²) in [6.45, 7) is 5.93. The molecule has 1 atom stereocenters. The van der Waals surface area contributed by atoms with Crippen LogP contribution in [0.1, 0.15) is 52.9 Å². The van der Waals surface area contributed by atoms with Crippen molar-refractivity contribution in [1.29, 1.82) is 0 Å². The zero-order chi connectivity index (χ0) is 15.2. The molecule has 5 nitrogen and oxygen atoms in total. The topological polar surface area (TPSA) is 89.6 Å². The van der Waals surface area contributed by atoms with Gasteiger partial charge in [-0.05, 0) is 64.8 Å². The van der Waals surface area contributed by atoms with Gasteiger partial charge in [0.05, 0.1) is 11.3 Å². The molecule has 3 aliphatic rings. The van der Waals surface area contributed by atoms with Crippen molar-refractivity contribution in [3.05, 3.63) is 0 Å². The van der Waals surface area contributed by atoms with Crippen LogP contribution < -0.4 is 5.73 Å². The van der Waals surface area contributed by atoms with Crippen LogP contribution in [0.15, 0.2) is 0 Å². The third-order valence-corrected chi connectivity index (χ3v) is 5.06. The van der Waals surface area contributed by atoms with Gasteiger partial charge in [-0.15, -0.1) is 0 Å². The number of aliphatic carboxylic acids is 1. The van der Waals surface area contributed by atoms with E-state index in [9.17, 15) is 14.7 Å². The first-order valence-electron chi connectivity index (χ1n) is 7.31. The lowest BCUT2D eigenvalue weighted by Crippen LogP contribution is -2.57. The van der Waals surface area contributed by atoms with Crippen LogP contribution in [0.5, 0.6) is 0 Å². The number of fused-ring (bicyclic) bond motifs is 3. The molecule has 0 heterocycles. The van der Waals surface area contributed by atoms with Crippen molar-refractivity contribution in [3.63, 3.8) is 0 Å². The number of ether oxygens (including phenoxy) is 1. The lowest BCUT2D eigenvalue weighted by molar-refractivity contribution is -0.188. The van der Waals surface area contributed by atoms with Gasteiger partial charge in [0.15, 0.2) is 0 Å². The molecule has 20 heavy (non-hydrogen) atoms. The zero-order valence-electron chi connectivity index (χ0n) is 12.6. The fraction of sp³-hybridized carbons (Fsp3) is 0.867. The van der Waals surface area contributed by atoms with Crippen molar-refractivity contribution in [2.45, 2.75) is 58.5 Å². The molecule has 0 aromatic carbocycles. The Labute approximate surface area is 119 Å². The van der Waals surface area contributed by atoms with E-state index in [1.54, 1.807) is 20.8 Å². The third-order valence-electron chi connectivity index (χ3n) is 5.06. The summed E-state index contributed by atoms with van der Waals surface area (Å²) in [5.41, 5.74) is 4.27. The predicted molar refractivity (Wildman–Crippen MR) is 74.0 cm³/mol. The quantitative estimate of drug-likeness (QED) is 0.773. The van der Waals surface area contributed by atoms with Crippen LogP contribution >= 0.6 is 0 Å². The minimum atomic E-state index is -0.945. The fourth-order valence-electron chi connectivity index (χ4n) is 3.74. The Morgan fingerprint density at radius 3 is 2.20 bits per heavy atom. The number of carbonyl (C=O) groups is 2. The minimum absolute atomic E-state index is 0.0707. The summed E-state index contributed by atoms with van der Waals surface area (Å²) in [5.74, 6) is -1.80. The van der Waals surface area contributed by atoms with E-state index in [1.807, 2.05) is 0 Å².